The van der Waals surface area contributed by atoms with E-state index in [4.69, 9.17) is 20.5 Å². The second kappa shape index (κ2) is 9.87. The molecule has 2 amide bonds. The number of nitrogens with one attached hydrogen (secondary N) is 3. The number of carbonyl (C=O) groups excluding carboxylic acids is 2. The van der Waals surface area contributed by atoms with Gasteiger partial charge in [0.25, 0.3) is 0 Å². The second-order valence-electron chi connectivity index (χ2n) is 5.00. The van der Waals surface area contributed by atoms with Crippen LogP contribution in [0.1, 0.15) is 19.8 Å². The number of nitrogens with two attached hydrogens (primary N) is 1. The molecule has 0 unspecified atom stereocenters. The third-order valence-corrected chi connectivity index (χ3v) is 3.39. The number of hydrogen-bond donors (Lipinski definition) is 7. The van der Waals surface area contributed by atoms with Crippen LogP contribution in [-0.2, 0) is 29.5 Å². The fourth-order valence-electron chi connectivity index (χ4n) is 1.47. The minimum Gasteiger partial charge on any atom is -0.480 e. The van der Waals surface area contributed by atoms with Crippen molar-refractivity contribution in [3.8, 4) is 0 Å². The fourth-order valence-corrected chi connectivity index (χ4v) is 1.85. The number of hydrogen-bond acceptors (Lipinski definition) is 7. The summed E-state index contributed by atoms with van der Waals surface area (Å²) in [4.78, 5) is 44.9. The number of aliphatic carboxylic acids is 2. The molecular weight excluding hydrogens is 364 g/mol. The van der Waals surface area contributed by atoms with Crippen LogP contribution < -0.4 is 21.1 Å². The lowest BCUT2D eigenvalue weighted by Gasteiger charge is -2.18. The molecule has 0 saturated heterocycles. The molecule has 0 aliphatic heterocycles. The number of carboxylic acids is 2. The van der Waals surface area contributed by atoms with Crippen molar-refractivity contribution in [2.45, 2.75) is 37.9 Å². The van der Waals surface area contributed by atoms with Crippen LogP contribution in [0.2, 0.25) is 0 Å². The molecular formula is C11H20N4O9S. The van der Waals surface area contributed by atoms with Gasteiger partial charge in [-0.1, -0.05) is 0 Å². The minimum atomic E-state index is -4.64. The van der Waals surface area contributed by atoms with Gasteiger partial charge in [-0.05, 0) is 13.3 Å². The van der Waals surface area contributed by atoms with Crippen LogP contribution in [0.3, 0.4) is 0 Å². The molecule has 0 heterocycles. The van der Waals surface area contributed by atoms with E-state index >= 15 is 0 Å². The van der Waals surface area contributed by atoms with Gasteiger partial charge in [-0.2, -0.15) is 13.1 Å². The summed E-state index contributed by atoms with van der Waals surface area (Å²) >= 11 is 0. The van der Waals surface area contributed by atoms with Gasteiger partial charge >= 0.3 is 22.2 Å². The normalized spacial score (nSPS) is 14.8. The van der Waals surface area contributed by atoms with Gasteiger partial charge in [0.15, 0.2) is 0 Å². The predicted molar refractivity (Wildman–Crippen MR) is 81.6 cm³/mol. The van der Waals surface area contributed by atoms with Crippen molar-refractivity contribution in [3.63, 3.8) is 0 Å². The van der Waals surface area contributed by atoms with Gasteiger partial charge in [0.1, 0.15) is 18.1 Å². The van der Waals surface area contributed by atoms with E-state index in [1.807, 2.05) is 5.32 Å². The molecule has 25 heavy (non-hydrogen) atoms. The van der Waals surface area contributed by atoms with E-state index in [9.17, 15) is 27.6 Å². The average Bonchev–Trinajstić information content (AvgIpc) is 2.47. The molecule has 0 aliphatic rings. The Labute approximate surface area is 142 Å². The zero-order valence-electron chi connectivity index (χ0n) is 13.1. The summed E-state index contributed by atoms with van der Waals surface area (Å²) in [7, 11) is -4.64. The van der Waals surface area contributed by atoms with E-state index in [0.717, 1.165) is 0 Å². The molecule has 0 aliphatic carbocycles. The Morgan fingerprint density at radius 3 is 2.08 bits per heavy atom. The van der Waals surface area contributed by atoms with E-state index in [1.54, 1.807) is 0 Å². The van der Waals surface area contributed by atoms with Gasteiger partial charge in [0.05, 0.1) is 0 Å². The van der Waals surface area contributed by atoms with Crippen LogP contribution in [0.5, 0.6) is 0 Å². The van der Waals surface area contributed by atoms with E-state index in [-0.39, 0.29) is 12.8 Å². The standard InChI is InChI=1S/C11H20N4O9S/c1-5(14-8(16)3-2-6(12)10(18)19)9(17)15-7(11(20)21)4-13-25(22,23)24/h5-7,13H,2-4,12H2,1H3,(H,14,16)(H,15,17)(H,18,19)(H,20,21)(H,22,23,24)/t5-,6-,7+/m1/s1. The molecule has 0 rings (SSSR count). The maximum absolute atomic E-state index is 11.8. The lowest BCUT2D eigenvalue weighted by Crippen LogP contribution is -2.53. The quantitative estimate of drug-likeness (QED) is 0.175. The largest absolute Gasteiger partial charge is 0.480 e. The van der Waals surface area contributed by atoms with Gasteiger partial charge in [-0.25, -0.2) is 4.79 Å². The first-order valence-corrected chi connectivity index (χ1v) is 8.30. The van der Waals surface area contributed by atoms with Crippen LogP contribution in [0.25, 0.3) is 0 Å². The molecule has 0 radical (unpaired) electrons. The van der Waals surface area contributed by atoms with Crippen molar-refractivity contribution in [2.75, 3.05) is 6.54 Å². The average molecular weight is 384 g/mol. The van der Waals surface area contributed by atoms with Gasteiger partial charge in [0, 0.05) is 13.0 Å². The smallest absolute Gasteiger partial charge is 0.333 e. The fraction of sp³-hybridized carbons (Fsp3) is 0.636. The molecule has 0 fully saturated rings. The predicted octanol–water partition coefficient (Wildman–Crippen LogP) is -3.35. The Morgan fingerprint density at radius 1 is 1.08 bits per heavy atom. The first kappa shape index (κ1) is 22.7. The zero-order valence-corrected chi connectivity index (χ0v) is 13.9. The molecule has 8 N–H and O–H groups in total. The molecule has 0 bridgehead atoms. The Bertz CT molecular complexity index is 621. The summed E-state index contributed by atoms with van der Waals surface area (Å²) in [5.74, 6) is -4.47. The van der Waals surface area contributed by atoms with Crippen molar-refractivity contribution >= 4 is 34.1 Å². The lowest BCUT2D eigenvalue weighted by molar-refractivity contribution is -0.142. The van der Waals surface area contributed by atoms with Crippen molar-refractivity contribution in [1.82, 2.24) is 15.4 Å². The molecule has 3 atom stereocenters. The Hall–Kier alpha value is -2.29. The topological polar surface area (TPSA) is 225 Å². The third kappa shape index (κ3) is 10.2. The summed E-state index contributed by atoms with van der Waals surface area (Å²) in [6, 6.07) is -4.10. The van der Waals surface area contributed by atoms with Crippen molar-refractivity contribution in [2.24, 2.45) is 5.73 Å². The van der Waals surface area contributed by atoms with E-state index in [0.29, 0.717) is 0 Å². The van der Waals surface area contributed by atoms with Gasteiger partial charge in [0.2, 0.25) is 11.8 Å². The van der Waals surface area contributed by atoms with E-state index < -0.39 is 58.7 Å². The first-order valence-electron chi connectivity index (χ1n) is 6.86. The van der Waals surface area contributed by atoms with Crippen molar-refractivity contribution in [3.05, 3.63) is 0 Å². The van der Waals surface area contributed by atoms with Crippen molar-refractivity contribution in [1.29, 1.82) is 0 Å². The number of rotatable bonds is 11. The lowest BCUT2D eigenvalue weighted by atomic mass is 10.1. The summed E-state index contributed by atoms with van der Waals surface area (Å²) in [6.45, 7) is 0.424. The van der Waals surface area contributed by atoms with Gasteiger partial charge in [-0.3, -0.25) is 18.9 Å². The maximum atomic E-state index is 11.8. The van der Waals surface area contributed by atoms with Crippen LogP contribution >= 0.6 is 0 Å². The van der Waals surface area contributed by atoms with Crippen molar-refractivity contribution < 1.29 is 42.4 Å². The molecule has 0 aromatic carbocycles. The van der Waals surface area contributed by atoms with Crippen LogP contribution in [0.15, 0.2) is 0 Å². The number of amides is 2. The highest BCUT2D eigenvalue weighted by molar-refractivity contribution is 7.83. The molecule has 0 saturated carbocycles. The number of carbonyl (C=O) groups is 4. The highest BCUT2D eigenvalue weighted by atomic mass is 32.2. The summed E-state index contributed by atoms with van der Waals surface area (Å²) in [5, 5.41) is 21.7. The Kier molecular flexibility index (Phi) is 8.97. The third-order valence-electron chi connectivity index (χ3n) is 2.85. The van der Waals surface area contributed by atoms with Gasteiger partial charge < -0.3 is 26.6 Å². The highest BCUT2D eigenvalue weighted by Crippen LogP contribution is 1.96. The Balaban J connectivity index is 4.52. The van der Waals surface area contributed by atoms with Crippen LogP contribution in [0.4, 0.5) is 0 Å². The summed E-state index contributed by atoms with van der Waals surface area (Å²) in [5.41, 5.74) is 5.22. The monoisotopic (exact) mass is 384 g/mol. The van der Waals surface area contributed by atoms with Crippen LogP contribution in [0, 0.1) is 0 Å². The van der Waals surface area contributed by atoms with E-state index in [1.165, 1.54) is 11.6 Å². The molecule has 13 nitrogen and oxygen atoms in total. The minimum absolute atomic E-state index is 0.161. The Morgan fingerprint density at radius 2 is 1.64 bits per heavy atom. The highest BCUT2D eigenvalue weighted by Gasteiger charge is 2.25. The summed E-state index contributed by atoms with van der Waals surface area (Å²) < 4.78 is 31.1. The van der Waals surface area contributed by atoms with Crippen LogP contribution in [-0.4, -0.2) is 71.6 Å². The number of carboxylic acid groups (broad SMARTS) is 2. The molecule has 0 aromatic heterocycles. The maximum Gasteiger partial charge on any atom is 0.333 e. The van der Waals surface area contributed by atoms with E-state index in [2.05, 4.69) is 5.32 Å². The molecule has 0 spiro atoms. The molecule has 14 heteroatoms. The first-order chi connectivity index (χ1) is 11.3. The molecule has 144 valence electrons. The zero-order chi connectivity index (χ0) is 19.8. The molecule has 0 aromatic rings. The summed E-state index contributed by atoms with van der Waals surface area (Å²) in [6.07, 6.45) is -0.427. The SMILES string of the molecule is C[C@@H](NC(=O)CC[C@@H](N)C(=O)O)C(=O)N[C@@H](CNS(=O)(=O)O)C(=O)O. The van der Waals surface area contributed by atoms with Gasteiger partial charge in [-0.15, -0.1) is 0 Å². The second-order valence-corrected chi connectivity index (χ2v) is 6.23.